The monoisotopic (exact) mass is 294 g/mol. The minimum Gasteiger partial charge on any atom is -0.507 e. The van der Waals surface area contributed by atoms with E-state index in [0.717, 1.165) is 6.42 Å². The van der Waals surface area contributed by atoms with Crippen molar-refractivity contribution in [2.75, 3.05) is 6.61 Å². The van der Waals surface area contributed by atoms with Gasteiger partial charge in [0, 0.05) is 16.3 Å². The molecule has 0 bridgehead atoms. The normalized spacial score (nSPS) is 10.9. The molecule has 0 unspecified atom stereocenters. The van der Waals surface area contributed by atoms with Crippen LogP contribution in [-0.2, 0) is 17.8 Å². The van der Waals surface area contributed by atoms with Crippen molar-refractivity contribution in [1.29, 1.82) is 0 Å². The van der Waals surface area contributed by atoms with E-state index in [0.29, 0.717) is 22.9 Å². The largest absolute Gasteiger partial charge is 0.507 e. The number of phenolic OH excluding ortho intramolecular Hbond substituents is 2. The molecule has 0 radical (unpaired) electrons. The number of aromatic hydroxyl groups is 2. The van der Waals surface area contributed by atoms with Crippen LogP contribution < -0.4 is 0 Å². The lowest BCUT2D eigenvalue weighted by Crippen LogP contribution is -1.99. The molecule has 0 aromatic heterocycles. The second-order valence-electron chi connectivity index (χ2n) is 5.24. The number of phenols is 2. The fourth-order valence-corrected chi connectivity index (χ4v) is 2.52. The molecule has 22 heavy (non-hydrogen) atoms. The van der Waals surface area contributed by atoms with Gasteiger partial charge in [-0.05, 0) is 18.1 Å². The molecular formula is C19H18O3. The Labute approximate surface area is 129 Å². The molecule has 0 heterocycles. The Morgan fingerprint density at radius 3 is 2.27 bits per heavy atom. The van der Waals surface area contributed by atoms with Crippen LogP contribution in [-0.4, -0.2) is 16.8 Å². The standard InChI is InChI=1S/C19H18O3/c20-18-12-15(19(21)17-9-5-4-8-16(17)18)13-22-11-10-14-6-2-1-3-7-14/h1-9,12,20-21H,10-11,13H2. The van der Waals surface area contributed by atoms with Gasteiger partial charge in [0.05, 0.1) is 13.2 Å². The molecule has 0 fully saturated rings. The Morgan fingerprint density at radius 2 is 1.50 bits per heavy atom. The van der Waals surface area contributed by atoms with Gasteiger partial charge in [0.15, 0.2) is 0 Å². The summed E-state index contributed by atoms with van der Waals surface area (Å²) in [5.74, 6) is 0.336. The lowest BCUT2D eigenvalue weighted by Gasteiger charge is -2.10. The third-order valence-corrected chi connectivity index (χ3v) is 3.71. The molecule has 0 atom stereocenters. The van der Waals surface area contributed by atoms with Crippen LogP contribution in [0.15, 0.2) is 60.7 Å². The Hall–Kier alpha value is -2.52. The van der Waals surface area contributed by atoms with Gasteiger partial charge in [0.2, 0.25) is 0 Å². The Morgan fingerprint density at radius 1 is 0.818 bits per heavy atom. The van der Waals surface area contributed by atoms with E-state index >= 15 is 0 Å². The highest BCUT2D eigenvalue weighted by Gasteiger charge is 2.10. The maximum absolute atomic E-state index is 10.3. The lowest BCUT2D eigenvalue weighted by molar-refractivity contribution is 0.122. The zero-order chi connectivity index (χ0) is 15.4. The molecule has 3 heteroatoms. The smallest absolute Gasteiger partial charge is 0.129 e. The summed E-state index contributed by atoms with van der Waals surface area (Å²) in [5.41, 5.74) is 1.82. The Bertz CT molecular complexity index is 766. The summed E-state index contributed by atoms with van der Waals surface area (Å²) < 4.78 is 5.64. The van der Waals surface area contributed by atoms with Gasteiger partial charge in [-0.15, -0.1) is 0 Å². The third-order valence-electron chi connectivity index (χ3n) is 3.71. The van der Waals surface area contributed by atoms with E-state index in [4.69, 9.17) is 4.74 Å². The second kappa shape index (κ2) is 6.50. The summed E-state index contributed by atoms with van der Waals surface area (Å²) in [6, 6.07) is 18.9. The number of hydrogen-bond donors (Lipinski definition) is 2. The Balaban J connectivity index is 1.68. The number of hydrogen-bond acceptors (Lipinski definition) is 3. The first-order chi connectivity index (χ1) is 10.8. The molecule has 0 spiro atoms. The van der Waals surface area contributed by atoms with Gasteiger partial charge in [-0.3, -0.25) is 0 Å². The molecule has 2 N–H and O–H groups in total. The summed E-state index contributed by atoms with van der Waals surface area (Å²) in [5, 5.41) is 21.6. The Kier molecular flexibility index (Phi) is 4.26. The van der Waals surface area contributed by atoms with Gasteiger partial charge in [0.1, 0.15) is 11.5 Å². The van der Waals surface area contributed by atoms with Gasteiger partial charge >= 0.3 is 0 Å². The maximum Gasteiger partial charge on any atom is 0.129 e. The highest BCUT2D eigenvalue weighted by Crippen LogP contribution is 2.35. The van der Waals surface area contributed by atoms with E-state index in [-0.39, 0.29) is 18.1 Å². The molecule has 0 aliphatic rings. The summed E-state index contributed by atoms with van der Waals surface area (Å²) in [4.78, 5) is 0. The summed E-state index contributed by atoms with van der Waals surface area (Å²) in [6.45, 7) is 0.841. The third kappa shape index (κ3) is 3.05. The van der Waals surface area contributed by atoms with Crippen molar-refractivity contribution < 1.29 is 14.9 Å². The van der Waals surface area contributed by atoms with Gasteiger partial charge in [0.25, 0.3) is 0 Å². The average Bonchev–Trinajstić information content (AvgIpc) is 2.57. The van der Waals surface area contributed by atoms with E-state index in [2.05, 4.69) is 12.1 Å². The molecule has 3 aromatic rings. The molecule has 3 aromatic carbocycles. The first-order valence-electron chi connectivity index (χ1n) is 7.30. The zero-order valence-electron chi connectivity index (χ0n) is 12.2. The molecule has 0 amide bonds. The highest BCUT2D eigenvalue weighted by molar-refractivity contribution is 5.93. The quantitative estimate of drug-likeness (QED) is 0.552. The lowest BCUT2D eigenvalue weighted by atomic mass is 10.0. The number of rotatable bonds is 5. The molecule has 3 nitrogen and oxygen atoms in total. The van der Waals surface area contributed by atoms with Crippen molar-refractivity contribution in [3.63, 3.8) is 0 Å². The van der Waals surface area contributed by atoms with Crippen LogP contribution in [0, 0.1) is 0 Å². The predicted octanol–water partition coefficient (Wildman–Crippen LogP) is 4.01. The van der Waals surface area contributed by atoms with Gasteiger partial charge in [-0.2, -0.15) is 0 Å². The molecule has 0 aliphatic carbocycles. The van der Waals surface area contributed by atoms with Crippen LogP contribution in [0.25, 0.3) is 10.8 Å². The van der Waals surface area contributed by atoms with E-state index in [1.807, 2.05) is 30.3 Å². The number of benzene rings is 3. The van der Waals surface area contributed by atoms with Crippen molar-refractivity contribution >= 4 is 10.8 Å². The average molecular weight is 294 g/mol. The van der Waals surface area contributed by atoms with E-state index in [1.165, 1.54) is 5.56 Å². The summed E-state index contributed by atoms with van der Waals surface area (Å²) in [7, 11) is 0. The van der Waals surface area contributed by atoms with Crippen LogP contribution in [0.4, 0.5) is 0 Å². The molecule has 3 rings (SSSR count). The van der Waals surface area contributed by atoms with Crippen molar-refractivity contribution in [3.05, 3.63) is 71.8 Å². The maximum atomic E-state index is 10.3. The van der Waals surface area contributed by atoms with E-state index in [9.17, 15) is 10.2 Å². The fourth-order valence-electron chi connectivity index (χ4n) is 2.52. The van der Waals surface area contributed by atoms with Crippen molar-refractivity contribution in [1.82, 2.24) is 0 Å². The van der Waals surface area contributed by atoms with Crippen molar-refractivity contribution in [2.45, 2.75) is 13.0 Å². The van der Waals surface area contributed by atoms with Crippen LogP contribution in [0.5, 0.6) is 11.5 Å². The van der Waals surface area contributed by atoms with Gasteiger partial charge < -0.3 is 14.9 Å². The molecule has 0 aliphatic heterocycles. The molecular weight excluding hydrogens is 276 g/mol. The number of ether oxygens (including phenoxy) is 1. The first-order valence-corrected chi connectivity index (χ1v) is 7.30. The minimum absolute atomic E-state index is 0.162. The van der Waals surface area contributed by atoms with Crippen LogP contribution in [0.2, 0.25) is 0 Å². The molecule has 112 valence electrons. The van der Waals surface area contributed by atoms with Crippen molar-refractivity contribution in [2.24, 2.45) is 0 Å². The van der Waals surface area contributed by atoms with Crippen LogP contribution in [0.1, 0.15) is 11.1 Å². The molecule has 0 saturated heterocycles. The van der Waals surface area contributed by atoms with Crippen LogP contribution >= 0.6 is 0 Å². The summed E-state index contributed by atoms with van der Waals surface area (Å²) >= 11 is 0. The topological polar surface area (TPSA) is 49.7 Å². The van der Waals surface area contributed by atoms with E-state index < -0.39 is 0 Å². The van der Waals surface area contributed by atoms with Crippen molar-refractivity contribution in [3.8, 4) is 11.5 Å². The zero-order valence-corrected chi connectivity index (χ0v) is 12.2. The number of fused-ring (bicyclic) bond motifs is 1. The van der Waals surface area contributed by atoms with Gasteiger partial charge in [-0.1, -0.05) is 54.6 Å². The van der Waals surface area contributed by atoms with Crippen LogP contribution in [0.3, 0.4) is 0 Å². The summed E-state index contributed by atoms with van der Waals surface area (Å²) in [6.07, 6.45) is 0.821. The van der Waals surface area contributed by atoms with Gasteiger partial charge in [-0.25, -0.2) is 0 Å². The fraction of sp³-hybridized carbons (Fsp3) is 0.158. The van der Waals surface area contributed by atoms with E-state index in [1.54, 1.807) is 18.2 Å². The highest BCUT2D eigenvalue weighted by atomic mass is 16.5. The predicted molar refractivity (Wildman–Crippen MR) is 87.1 cm³/mol. The SMILES string of the molecule is Oc1cc(COCCc2ccccc2)c(O)c2ccccc12. The molecule has 0 saturated carbocycles. The first kappa shape index (κ1) is 14.4. The minimum atomic E-state index is 0.162. The second-order valence-corrected chi connectivity index (χ2v) is 5.24.